The van der Waals surface area contributed by atoms with E-state index < -0.39 is 0 Å². The largest absolute Gasteiger partial charge is 0.342 e. The monoisotopic (exact) mass is 569 g/mol. The summed E-state index contributed by atoms with van der Waals surface area (Å²) in [5, 5.41) is 8.03. The minimum atomic E-state index is -0.333. The first-order valence-electron chi connectivity index (χ1n) is 15.4. The Morgan fingerprint density at radius 3 is 2.35 bits per heavy atom. The zero-order valence-electron chi connectivity index (χ0n) is 24.6. The number of nitrogens with zero attached hydrogens (tertiary/aromatic N) is 4. The maximum absolute atomic E-state index is 13.7. The summed E-state index contributed by atoms with van der Waals surface area (Å²) in [6.45, 7) is 9.86. The van der Waals surface area contributed by atoms with Gasteiger partial charge >= 0.3 is 0 Å². The number of unbranched alkanes of at least 4 members (excludes halogenated alkanes) is 1. The molecule has 40 heavy (non-hydrogen) atoms. The van der Waals surface area contributed by atoms with E-state index in [-0.39, 0.29) is 42.2 Å². The van der Waals surface area contributed by atoms with E-state index in [1.54, 1.807) is 0 Å². The van der Waals surface area contributed by atoms with Gasteiger partial charge in [0.2, 0.25) is 11.8 Å². The molecule has 2 amide bonds. The van der Waals surface area contributed by atoms with Crippen LogP contribution in [0.5, 0.6) is 0 Å². The summed E-state index contributed by atoms with van der Waals surface area (Å²) in [4.78, 5) is 31.7. The second kappa shape index (κ2) is 14.0. The number of carbonyl (C=O) groups is 2. The lowest BCUT2D eigenvalue weighted by Gasteiger charge is -2.45. The van der Waals surface area contributed by atoms with Gasteiger partial charge in [0.25, 0.3) is 0 Å². The van der Waals surface area contributed by atoms with Crippen molar-refractivity contribution in [3.63, 3.8) is 0 Å². The van der Waals surface area contributed by atoms with Crippen LogP contribution in [-0.2, 0) is 16.1 Å². The predicted molar refractivity (Wildman–Crippen MR) is 162 cm³/mol. The third-order valence-electron chi connectivity index (χ3n) is 9.45. The number of rotatable bonds is 9. The van der Waals surface area contributed by atoms with Crippen LogP contribution in [0.2, 0.25) is 0 Å². The molecule has 2 aromatic rings. The smallest absolute Gasteiger partial charge is 0.245 e. The van der Waals surface area contributed by atoms with Crippen molar-refractivity contribution in [3.8, 4) is 5.69 Å². The van der Waals surface area contributed by atoms with Gasteiger partial charge in [0.15, 0.2) is 0 Å². The fourth-order valence-electron chi connectivity index (χ4n) is 7.13. The van der Waals surface area contributed by atoms with Gasteiger partial charge in [0.05, 0.1) is 11.4 Å². The van der Waals surface area contributed by atoms with Gasteiger partial charge in [-0.15, -0.1) is 12.4 Å². The Morgan fingerprint density at radius 1 is 0.975 bits per heavy atom. The van der Waals surface area contributed by atoms with Crippen molar-refractivity contribution in [3.05, 3.63) is 47.3 Å². The number of hydrogen-bond acceptors (Lipinski definition) is 4. The lowest BCUT2D eigenvalue weighted by molar-refractivity contribution is -0.153. The number of likely N-dealkylation sites (tertiary alicyclic amines) is 1. The van der Waals surface area contributed by atoms with Crippen LogP contribution in [0.15, 0.2) is 30.3 Å². The number of halogens is 1. The van der Waals surface area contributed by atoms with Crippen LogP contribution in [0.25, 0.3) is 5.69 Å². The number of piperazine rings is 1. The maximum atomic E-state index is 13.7. The van der Waals surface area contributed by atoms with Crippen LogP contribution >= 0.6 is 12.4 Å². The lowest BCUT2D eigenvalue weighted by Crippen LogP contribution is -2.66. The summed E-state index contributed by atoms with van der Waals surface area (Å²) in [6, 6.07) is 9.65. The normalized spacial score (nSPS) is 23.2. The fourth-order valence-corrected chi connectivity index (χ4v) is 7.13. The minimum absolute atomic E-state index is 0. The Bertz CT molecular complexity index is 1120. The van der Waals surface area contributed by atoms with Gasteiger partial charge in [-0.2, -0.15) is 5.10 Å². The highest BCUT2D eigenvalue weighted by Gasteiger charge is 2.45. The average Bonchev–Trinajstić information content (AvgIpc) is 3.24. The zero-order valence-corrected chi connectivity index (χ0v) is 25.4. The molecule has 220 valence electrons. The molecule has 1 aromatic heterocycles. The van der Waals surface area contributed by atoms with E-state index in [2.05, 4.69) is 43.1 Å². The predicted octanol–water partition coefficient (Wildman–Crippen LogP) is 5.59. The first-order valence-corrected chi connectivity index (χ1v) is 15.4. The molecule has 1 N–H and O–H groups in total. The summed E-state index contributed by atoms with van der Waals surface area (Å²) >= 11 is 0. The lowest BCUT2D eigenvalue weighted by atomic mass is 9.82. The van der Waals surface area contributed by atoms with E-state index >= 15 is 0 Å². The van der Waals surface area contributed by atoms with Crippen molar-refractivity contribution in [2.45, 2.75) is 104 Å². The van der Waals surface area contributed by atoms with Gasteiger partial charge in [0.1, 0.15) is 12.1 Å². The van der Waals surface area contributed by atoms with Gasteiger partial charge in [-0.1, -0.05) is 63.6 Å². The van der Waals surface area contributed by atoms with Gasteiger partial charge < -0.3 is 10.2 Å². The van der Waals surface area contributed by atoms with E-state index in [1.165, 1.54) is 43.4 Å². The maximum Gasteiger partial charge on any atom is 0.245 e. The molecule has 2 aliphatic heterocycles. The van der Waals surface area contributed by atoms with Crippen LogP contribution < -0.4 is 5.32 Å². The molecule has 1 saturated carbocycles. The molecule has 0 bridgehead atoms. The van der Waals surface area contributed by atoms with E-state index in [1.807, 2.05) is 27.8 Å². The van der Waals surface area contributed by atoms with Crippen LogP contribution in [0.1, 0.15) is 88.1 Å². The van der Waals surface area contributed by atoms with Crippen molar-refractivity contribution in [1.29, 1.82) is 0 Å². The van der Waals surface area contributed by atoms with Crippen molar-refractivity contribution in [2.24, 2.45) is 11.8 Å². The highest BCUT2D eigenvalue weighted by Crippen LogP contribution is 2.32. The van der Waals surface area contributed by atoms with Crippen LogP contribution in [0, 0.1) is 25.7 Å². The Kier molecular flexibility index (Phi) is 10.7. The third-order valence-corrected chi connectivity index (χ3v) is 9.45. The Morgan fingerprint density at radius 2 is 1.68 bits per heavy atom. The first kappa shape index (κ1) is 30.6. The number of piperidine rings is 1. The number of benzene rings is 1. The SMILES string of the molecule is CCCCN1C(=O)[C@H](CC2CCCCC2)NC(=O)[C@@H]1C1CCN(Cc2c(C)nn(-c3ccccc3)c2C)CC1.Cl. The molecule has 3 heterocycles. The quantitative estimate of drug-likeness (QED) is 0.427. The summed E-state index contributed by atoms with van der Waals surface area (Å²) in [5.74, 6) is 1.03. The number of para-hydroxylation sites is 1. The summed E-state index contributed by atoms with van der Waals surface area (Å²) in [5.41, 5.74) is 4.64. The first-order chi connectivity index (χ1) is 19.0. The van der Waals surface area contributed by atoms with Crippen LogP contribution in [0.4, 0.5) is 0 Å². The topological polar surface area (TPSA) is 70.5 Å². The van der Waals surface area contributed by atoms with Gasteiger partial charge in [-0.25, -0.2) is 4.68 Å². The Balaban J connectivity index is 0.00000370. The summed E-state index contributed by atoms with van der Waals surface area (Å²) < 4.78 is 2.05. The van der Waals surface area contributed by atoms with Crippen LogP contribution in [0.3, 0.4) is 0 Å². The van der Waals surface area contributed by atoms with E-state index in [0.717, 1.165) is 63.1 Å². The molecule has 0 spiro atoms. The average molecular weight is 570 g/mol. The molecule has 2 atom stereocenters. The molecule has 8 heteroatoms. The number of aromatic nitrogens is 2. The number of nitrogens with one attached hydrogen (secondary N) is 1. The number of aryl methyl sites for hydroxylation is 1. The van der Waals surface area contributed by atoms with Gasteiger partial charge in [-0.3, -0.25) is 14.5 Å². The molecule has 5 rings (SSSR count). The summed E-state index contributed by atoms with van der Waals surface area (Å²) in [6.07, 6.45) is 10.9. The molecule has 0 radical (unpaired) electrons. The number of hydrogen-bond donors (Lipinski definition) is 1. The molecular weight excluding hydrogens is 522 g/mol. The third kappa shape index (κ3) is 6.73. The molecule has 2 saturated heterocycles. The highest BCUT2D eigenvalue weighted by atomic mass is 35.5. The van der Waals surface area contributed by atoms with Crippen molar-refractivity contribution in [2.75, 3.05) is 19.6 Å². The van der Waals surface area contributed by atoms with Gasteiger partial charge in [0, 0.05) is 24.3 Å². The van der Waals surface area contributed by atoms with Crippen molar-refractivity contribution >= 4 is 24.2 Å². The second-order valence-corrected chi connectivity index (χ2v) is 12.1. The molecule has 3 aliphatic rings. The molecular formula is C32H48ClN5O2. The summed E-state index contributed by atoms with van der Waals surface area (Å²) in [7, 11) is 0. The zero-order chi connectivity index (χ0) is 27.4. The number of amides is 2. The molecule has 1 aliphatic carbocycles. The van der Waals surface area contributed by atoms with Crippen LogP contribution in [-0.4, -0.2) is 63.1 Å². The molecule has 1 aromatic carbocycles. The van der Waals surface area contributed by atoms with Gasteiger partial charge in [-0.05, 0) is 76.6 Å². The van der Waals surface area contributed by atoms with E-state index in [0.29, 0.717) is 12.5 Å². The Labute approximate surface area is 246 Å². The van der Waals surface area contributed by atoms with E-state index in [4.69, 9.17) is 5.10 Å². The fraction of sp³-hybridized carbons (Fsp3) is 0.656. The standard InChI is InChI=1S/C32H47N5O2.ClH/c1-4-5-18-36-30(31(38)33-29(32(36)39)21-25-12-8-6-9-13-25)26-16-19-35(20-17-26)22-28-23(2)34-37(24(28)3)27-14-10-7-11-15-27;/h7,10-11,14-15,25-26,29-30H,4-6,8-9,12-13,16-22H2,1-3H3,(H,33,38);1H/t29-,30-;/m0./s1. The highest BCUT2D eigenvalue weighted by molar-refractivity contribution is 5.97. The van der Waals surface area contributed by atoms with Crippen molar-refractivity contribution < 1.29 is 9.59 Å². The molecule has 7 nitrogen and oxygen atoms in total. The minimum Gasteiger partial charge on any atom is -0.342 e. The number of carbonyl (C=O) groups excluding carboxylic acids is 2. The molecule has 0 unspecified atom stereocenters. The molecule has 3 fully saturated rings. The van der Waals surface area contributed by atoms with Crippen molar-refractivity contribution in [1.82, 2.24) is 24.9 Å². The van der Waals surface area contributed by atoms with E-state index in [9.17, 15) is 9.59 Å². The second-order valence-electron chi connectivity index (χ2n) is 12.1. The Hall–Kier alpha value is -2.38.